The Hall–Kier alpha value is -1.01. The number of terminal acetylenes is 1. The van der Waals surface area contributed by atoms with Crippen LogP contribution < -0.4 is 5.32 Å². The van der Waals surface area contributed by atoms with Crippen LogP contribution in [-0.2, 0) is 9.53 Å². The maximum atomic E-state index is 11.8. The number of hydrogen-bond donors (Lipinski definition) is 1. The lowest BCUT2D eigenvalue weighted by Gasteiger charge is -2.35. The van der Waals surface area contributed by atoms with Gasteiger partial charge in [-0.3, -0.25) is 4.79 Å². The topological polar surface area (TPSA) is 38.3 Å². The summed E-state index contributed by atoms with van der Waals surface area (Å²) in [6.45, 7) is 1.87. The Labute approximate surface area is 96.9 Å². The minimum atomic E-state index is 0.00524. The molecule has 2 aliphatic rings. The van der Waals surface area contributed by atoms with Gasteiger partial charge in [0.15, 0.2) is 0 Å². The first kappa shape index (κ1) is 11.5. The molecule has 3 heteroatoms. The lowest BCUT2D eigenvalue weighted by atomic mass is 9.80. The molecule has 0 spiro atoms. The summed E-state index contributed by atoms with van der Waals surface area (Å²) in [7, 11) is 0. The molecule has 1 saturated carbocycles. The molecule has 0 aromatic rings. The number of carbonyl (C=O) groups is 1. The molecule has 0 amide bonds. The van der Waals surface area contributed by atoms with Gasteiger partial charge in [0, 0.05) is 6.42 Å². The molecule has 0 radical (unpaired) electrons. The quantitative estimate of drug-likeness (QED) is 0.577. The van der Waals surface area contributed by atoms with Crippen molar-refractivity contribution in [3.8, 4) is 12.3 Å². The van der Waals surface area contributed by atoms with E-state index in [2.05, 4.69) is 11.2 Å². The van der Waals surface area contributed by atoms with Crippen LogP contribution in [0.5, 0.6) is 0 Å². The fraction of sp³-hybridized carbons (Fsp3) is 0.769. The second kappa shape index (κ2) is 5.36. The van der Waals surface area contributed by atoms with Crippen LogP contribution in [0.1, 0.15) is 32.1 Å². The third kappa shape index (κ3) is 2.76. The molecule has 1 saturated heterocycles. The summed E-state index contributed by atoms with van der Waals surface area (Å²) in [5, 5.41) is 3.24. The highest BCUT2D eigenvalue weighted by Gasteiger charge is 2.33. The normalized spacial score (nSPS) is 30.2. The van der Waals surface area contributed by atoms with E-state index in [9.17, 15) is 4.79 Å². The van der Waals surface area contributed by atoms with E-state index in [0.29, 0.717) is 5.92 Å². The van der Waals surface area contributed by atoms with Crippen LogP contribution in [0.2, 0.25) is 0 Å². The van der Waals surface area contributed by atoms with E-state index in [1.165, 1.54) is 0 Å². The molecule has 1 N–H and O–H groups in total. The Balaban J connectivity index is 1.67. The molecule has 1 heterocycles. The van der Waals surface area contributed by atoms with Crippen LogP contribution in [0.4, 0.5) is 0 Å². The maximum Gasteiger partial charge on any atom is 0.309 e. The van der Waals surface area contributed by atoms with Gasteiger partial charge in [0.05, 0.1) is 5.92 Å². The summed E-state index contributed by atoms with van der Waals surface area (Å²) in [5.41, 5.74) is 0. The largest absolute Gasteiger partial charge is 0.462 e. The minimum Gasteiger partial charge on any atom is -0.462 e. The molecule has 0 aromatic heterocycles. The number of piperidine rings is 1. The van der Waals surface area contributed by atoms with Gasteiger partial charge in [-0.1, -0.05) is 0 Å². The molecule has 1 aliphatic heterocycles. The van der Waals surface area contributed by atoms with Crippen LogP contribution >= 0.6 is 0 Å². The lowest BCUT2D eigenvalue weighted by Crippen LogP contribution is -2.38. The van der Waals surface area contributed by atoms with Crippen LogP contribution in [0, 0.1) is 24.2 Å². The van der Waals surface area contributed by atoms with Gasteiger partial charge < -0.3 is 10.1 Å². The number of carbonyl (C=O) groups excluding carboxylic acids is 1. The first-order valence-electron chi connectivity index (χ1n) is 6.14. The monoisotopic (exact) mass is 221 g/mol. The molecule has 1 aliphatic carbocycles. The van der Waals surface area contributed by atoms with Gasteiger partial charge in [-0.25, -0.2) is 0 Å². The van der Waals surface area contributed by atoms with Crippen molar-refractivity contribution in [3.05, 3.63) is 0 Å². The van der Waals surface area contributed by atoms with Crippen molar-refractivity contribution in [2.75, 3.05) is 13.1 Å². The molecule has 3 nitrogen and oxygen atoms in total. The number of ether oxygens (including phenoxy) is 1. The molecule has 0 aromatic carbocycles. The standard InChI is InChI=1S/C13H19NO2/c1-2-3-10-8-12(9-10)16-13(15)11-4-6-14-7-5-11/h1,10-12,14H,3-9H2. The number of rotatable bonds is 3. The van der Waals surface area contributed by atoms with Gasteiger partial charge >= 0.3 is 5.97 Å². The molecule has 0 bridgehead atoms. The van der Waals surface area contributed by atoms with Gasteiger partial charge in [-0.15, -0.1) is 12.3 Å². The van der Waals surface area contributed by atoms with E-state index in [1.54, 1.807) is 0 Å². The van der Waals surface area contributed by atoms with Crippen LogP contribution in [0.15, 0.2) is 0 Å². The van der Waals surface area contributed by atoms with Crippen molar-refractivity contribution in [2.45, 2.75) is 38.2 Å². The van der Waals surface area contributed by atoms with E-state index in [4.69, 9.17) is 11.2 Å². The summed E-state index contributed by atoms with van der Waals surface area (Å²) < 4.78 is 5.47. The van der Waals surface area contributed by atoms with E-state index in [0.717, 1.165) is 45.2 Å². The summed E-state index contributed by atoms with van der Waals surface area (Å²) in [4.78, 5) is 11.8. The molecule has 88 valence electrons. The Morgan fingerprint density at radius 2 is 2.06 bits per heavy atom. The van der Waals surface area contributed by atoms with Crippen molar-refractivity contribution in [3.63, 3.8) is 0 Å². The Kier molecular flexibility index (Phi) is 3.84. The molecular weight excluding hydrogens is 202 g/mol. The summed E-state index contributed by atoms with van der Waals surface area (Å²) in [6, 6.07) is 0. The zero-order valence-corrected chi connectivity index (χ0v) is 9.58. The lowest BCUT2D eigenvalue weighted by molar-refractivity contribution is -0.161. The van der Waals surface area contributed by atoms with Crippen molar-refractivity contribution in [1.29, 1.82) is 0 Å². The molecular formula is C13H19NO2. The maximum absolute atomic E-state index is 11.8. The SMILES string of the molecule is C#CCC1CC(OC(=O)C2CCNCC2)C1. The molecule has 2 fully saturated rings. The average molecular weight is 221 g/mol. The van der Waals surface area contributed by atoms with Gasteiger partial charge in [0.25, 0.3) is 0 Å². The van der Waals surface area contributed by atoms with Crippen LogP contribution in [0.3, 0.4) is 0 Å². The molecule has 0 unspecified atom stereocenters. The average Bonchev–Trinajstić information content (AvgIpc) is 2.27. The zero-order chi connectivity index (χ0) is 11.4. The molecule has 16 heavy (non-hydrogen) atoms. The Morgan fingerprint density at radius 1 is 1.38 bits per heavy atom. The van der Waals surface area contributed by atoms with E-state index in [-0.39, 0.29) is 18.0 Å². The van der Waals surface area contributed by atoms with Gasteiger partial charge in [-0.05, 0) is 44.7 Å². The van der Waals surface area contributed by atoms with E-state index < -0.39 is 0 Å². The van der Waals surface area contributed by atoms with Crippen LogP contribution in [-0.4, -0.2) is 25.2 Å². The highest BCUT2D eigenvalue weighted by atomic mass is 16.5. The van der Waals surface area contributed by atoms with E-state index >= 15 is 0 Å². The first-order valence-corrected chi connectivity index (χ1v) is 6.14. The van der Waals surface area contributed by atoms with Crippen LogP contribution in [0.25, 0.3) is 0 Å². The van der Waals surface area contributed by atoms with Crippen molar-refractivity contribution >= 4 is 5.97 Å². The summed E-state index contributed by atoms with van der Waals surface area (Å²) >= 11 is 0. The fourth-order valence-corrected chi connectivity index (χ4v) is 2.42. The summed E-state index contributed by atoms with van der Waals surface area (Å²) in [6.07, 6.45) is 9.95. The number of esters is 1. The third-order valence-corrected chi connectivity index (χ3v) is 3.55. The number of nitrogens with one attached hydrogen (secondary N) is 1. The molecule has 2 rings (SSSR count). The minimum absolute atomic E-state index is 0.00524. The third-order valence-electron chi connectivity index (χ3n) is 3.55. The second-order valence-electron chi connectivity index (χ2n) is 4.83. The predicted molar refractivity (Wildman–Crippen MR) is 61.6 cm³/mol. The van der Waals surface area contributed by atoms with Crippen molar-refractivity contribution < 1.29 is 9.53 Å². The van der Waals surface area contributed by atoms with Crippen molar-refractivity contribution in [1.82, 2.24) is 5.32 Å². The van der Waals surface area contributed by atoms with Gasteiger partial charge in [0.2, 0.25) is 0 Å². The Bertz CT molecular complexity index is 283. The van der Waals surface area contributed by atoms with Crippen molar-refractivity contribution in [2.24, 2.45) is 11.8 Å². The zero-order valence-electron chi connectivity index (χ0n) is 9.58. The number of hydrogen-bond acceptors (Lipinski definition) is 3. The fourth-order valence-electron chi connectivity index (χ4n) is 2.42. The molecule has 0 atom stereocenters. The highest BCUT2D eigenvalue weighted by molar-refractivity contribution is 5.72. The summed E-state index contributed by atoms with van der Waals surface area (Å²) in [5.74, 6) is 3.36. The second-order valence-corrected chi connectivity index (χ2v) is 4.83. The van der Waals surface area contributed by atoms with Gasteiger partial charge in [-0.2, -0.15) is 0 Å². The van der Waals surface area contributed by atoms with E-state index in [1.807, 2.05) is 0 Å². The first-order chi connectivity index (χ1) is 7.79. The predicted octanol–water partition coefficient (Wildman–Crippen LogP) is 1.33. The smallest absolute Gasteiger partial charge is 0.309 e. The Morgan fingerprint density at radius 3 is 2.69 bits per heavy atom. The highest BCUT2D eigenvalue weighted by Crippen LogP contribution is 2.33. The van der Waals surface area contributed by atoms with Gasteiger partial charge in [0.1, 0.15) is 6.10 Å².